The normalized spacial score (nSPS) is 12.9. The molecule has 6 aromatic carbocycles. The van der Waals surface area contributed by atoms with Crippen LogP contribution in [-0.2, 0) is 5.41 Å². The number of benzene rings is 6. The number of pyridine rings is 2. The predicted molar refractivity (Wildman–Crippen MR) is 221 cm³/mol. The van der Waals surface area contributed by atoms with Gasteiger partial charge in [0.2, 0.25) is 0 Å². The molecular weight excluding hydrogens is 669 g/mol. The molecule has 0 amide bonds. The van der Waals surface area contributed by atoms with Crippen molar-refractivity contribution in [1.29, 1.82) is 0 Å². The van der Waals surface area contributed by atoms with Crippen LogP contribution in [0.2, 0.25) is 0 Å². The molecule has 3 aromatic heterocycles. The lowest BCUT2D eigenvalue weighted by Crippen LogP contribution is -2.29. The van der Waals surface area contributed by atoms with E-state index in [2.05, 4.69) is 156 Å². The summed E-state index contributed by atoms with van der Waals surface area (Å²) >= 11 is 0. The molecule has 0 unspecified atom stereocenters. The fourth-order valence-electron chi connectivity index (χ4n) is 8.96. The number of rotatable bonds is 4. The largest absolute Gasteiger partial charge is 0.265 e. The Hall–Kier alpha value is -7.30. The van der Waals surface area contributed by atoms with E-state index >= 15 is 0 Å². The van der Waals surface area contributed by atoms with Crippen LogP contribution in [0.25, 0.3) is 78.4 Å². The second kappa shape index (κ2) is 12.4. The Bertz CT molecular complexity index is 2870. The quantitative estimate of drug-likeness (QED) is 0.183. The van der Waals surface area contributed by atoms with Crippen LogP contribution in [0.5, 0.6) is 0 Å². The second-order valence-corrected chi connectivity index (χ2v) is 14.2. The van der Waals surface area contributed by atoms with E-state index in [-0.39, 0.29) is 0 Å². The molecular formula is C51H32N4. The van der Waals surface area contributed by atoms with Crippen LogP contribution in [0, 0.1) is 0 Å². The lowest BCUT2D eigenvalue weighted by atomic mass is 9.65. The molecule has 0 fully saturated rings. The van der Waals surface area contributed by atoms with E-state index in [0.29, 0.717) is 5.82 Å². The van der Waals surface area contributed by atoms with Crippen LogP contribution < -0.4 is 0 Å². The van der Waals surface area contributed by atoms with Crippen LogP contribution in [-0.4, -0.2) is 19.9 Å². The first kappa shape index (κ1) is 31.2. The Morgan fingerprint density at radius 1 is 0.291 bits per heavy atom. The summed E-state index contributed by atoms with van der Waals surface area (Å²) in [4.78, 5) is 19.1. The maximum absolute atomic E-state index is 5.33. The molecule has 0 saturated heterocycles. The van der Waals surface area contributed by atoms with Gasteiger partial charge in [-0.25, -0.2) is 9.97 Å². The molecule has 55 heavy (non-hydrogen) atoms. The minimum absolute atomic E-state index is 0.581. The molecule has 4 heteroatoms. The van der Waals surface area contributed by atoms with Crippen LogP contribution in [0.1, 0.15) is 22.3 Å². The minimum Gasteiger partial charge on any atom is -0.265 e. The summed E-state index contributed by atoms with van der Waals surface area (Å²) < 4.78 is 0. The molecule has 0 atom stereocenters. The van der Waals surface area contributed by atoms with Crippen molar-refractivity contribution in [3.8, 4) is 78.4 Å². The van der Waals surface area contributed by atoms with Crippen molar-refractivity contribution in [2.75, 3.05) is 0 Å². The molecule has 11 rings (SSSR count). The molecule has 3 heterocycles. The van der Waals surface area contributed by atoms with Gasteiger partial charge in [0.15, 0.2) is 5.82 Å². The van der Waals surface area contributed by atoms with Crippen molar-refractivity contribution in [2.24, 2.45) is 0 Å². The molecule has 9 aromatic rings. The average Bonchev–Trinajstić information content (AvgIpc) is 3.52. The Morgan fingerprint density at radius 3 is 1.22 bits per heavy atom. The SMILES string of the molecule is c1ccc2c(c1)-c1ccccc1C1(c3cc(-c4nc(-c5ccncc5)cc(-c5ccc(-c6ccncc6)cc5)n4)ccc3-2)c2ccccc2-c2ccccc21. The van der Waals surface area contributed by atoms with Crippen molar-refractivity contribution in [3.63, 3.8) is 0 Å². The number of hydrogen-bond acceptors (Lipinski definition) is 4. The van der Waals surface area contributed by atoms with E-state index in [1.54, 1.807) is 0 Å². The molecule has 2 aliphatic rings. The van der Waals surface area contributed by atoms with E-state index in [1.165, 1.54) is 55.6 Å². The van der Waals surface area contributed by atoms with Crippen molar-refractivity contribution >= 4 is 0 Å². The summed E-state index contributed by atoms with van der Waals surface area (Å²) in [7, 11) is 0. The summed E-state index contributed by atoms with van der Waals surface area (Å²) in [6, 6.07) is 61.3. The maximum atomic E-state index is 5.33. The minimum atomic E-state index is -0.581. The van der Waals surface area contributed by atoms with E-state index in [9.17, 15) is 0 Å². The van der Waals surface area contributed by atoms with Crippen molar-refractivity contribution in [3.05, 3.63) is 217 Å². The molecule has 0 radical (unpaired) electrons. The van der Waals surface area contributed by atoms with E-state index in [0.717, 1.165) is 39.2 Å². The van der Waals surface area contributed by atoms with Crippen LogP contribution in [0.4, 0.5) is 0 Å². The monoisotopic (exact) mass is 700 g/mol. The lowest BCUT2D eigenvalue weighted by Gasteiger charge is -2.35. The first-order chi connectivity index (χ1) is 27.3. The molecule has 256 valence electrons. The predicted octanol–water partition coefficient (Wildman–Crippen LogP) is 11.9. The number of hydrogen-bond donors (Lipinski definition) is 0. The van der Waals surface area contributed by atoms with Gasteiger partial charge in [0.1, 0.15) is 0 Å². The summed E-state index contributed by atoms with van der Waals surface area (Å²) in [6.45, 7) is 0. The van der Waals surface area contributed by atoms with Gasteiger partial charge in [0.05, 0.1) is 16.8 Å². The standard InChI is InChI=1S/C51H32N4/c1-2-10-39-38(9-1)40-11-3-6-14-44(40)51(45-15-7-4-12-41(45)42-13-5-8-16-46(42)51)47-31-37(21-22-43(39)47)50-54-48(32-49(55-50)36-25-29-53-30-26-36)35-19-17-33(18-20-35)34-23-27-52-28-24-34/h1-32H. The van der Waals surface area contributed by atoms with Crippen molar-refractivity contribution in [1.82, 2.24) is 19.9 Å². The van der Waals surface area contributed by atoms with Crippen LogP contribution in [0.15, 0.2) is 195 Å². The highest BCUT2D eigenvalue weighted by atomic mass is 14.9. The van der Waals surface area contributed by atoms with Gasteiger partial charge in [-0.1, -0.05) is 133 Å². The van der Waals surface area contributed by atoms with Crippen molar-refractivity contribution < 1.29 is 0 Å². The molecule has 4 nitrogen and oxygen atoms in total. The van der Waals surface area contributed by atoms with Crippen molar-refractivity contribution in [2.45, 2.75) is 5.41 Å². The molecule has 2 aliphatic carbocycles. The summed E-state index contributed by atoms with van der Waals surface area (Å²) in [6.07, 6.45) is 7.28. The Morgan fingerprint density at radius 2 is 0.673 bits per heavy atom. The van der Waals surface area contributed by atoms with Gasteiger partial charge in [-0.05, 0) is 103 Å². The zero-order valence-corrected chi connectivity index (χ0v) is 29.8. The first-order valence-corrected chi connectivity index (χ1v) is 18.6. The van der Waals surface area contributed by atoms with Gasteiger partial charge in [-0.3, -0.25) is 9.97 Å². The molecule has 0 aliphatic heterocycles. The topological polar surface area (TPSA) is 51.6 Å². The second-order valence-electron chi connectivity index (χ2n) is 14.2. The zero-order chi connectivity index (χ0) is 36.3. The van der Waals surface area contributed by atoms with E-state index in [1.807, 2.05) is 49.1 Å². The molecule has 0 N–H and O–H groups in total. The van der Waals surface area contributed by atoms with E-state index in [4.69, 9.17) is 9.97 Å². The fraction of sp³-hybridized carbons (Fsp3) is 0.0196. The third kappa shape index (κ3) is 4.78. The fourth-order valence-corrected chi connectivity index (χ4v) is 8.96. The molecule has 0 bridgehead atoms. The Kier molecular flexibility index (Phi) is 7.04. The smallest absolute Gasteiger partial charge is 0.160 e. The van der Waals surface area contributed by atoms with Crippen LogP contribution >= 0.6 is 0 Å². The number of nitrogens with zero attached hydrogens (tertiary/aromatic N) is 4. The van der Waals surface area contributed by atoms with Gasteiger partial charge >= 0.3 is 0 Å². The van der Waals surface area contributed by atoms with Gasteiger partial charge in [-0.2, -0.15) is 0 Å². The number of aromatic nitrogens is 4. The summed E-state index contributed by atoms with van der Waals surface area (Å²) in [5.41, 5.74) is 18.9. The highest BCUT2D eigenvalue weighted by Gasteiger charge is 2.49. The maximum Gasteiger partial charge on any atom is 0.160 e. The highest BCUT2D eigenvalue weighted by molar-refractivity contribution is 5.97. The average molecular weight is 701 g/mol. The molecule has 1 spiro atoms. The highest BCUT2D eigenvalue weighted by Crippen LogP contribution is 2.61. The third-order valence-electron chi connectivity index (χ3n) is 11.4. The van der Waals surface area contributed by atoms with E-state index < -0.39 is 5.41 Å². The van der Waals surface area contributed by atoms with Gasteiger partial charge in [0, 0.05) is 41.5 Å². The van der Waals surface area contributed by atoms with Gasteiger partial charge in [0.25, 0.3) is 0 Å². The molecule has 0 saturated carbocycles. The third-order valence-corrected chi connectivity index (χ3v) is 11.4. The van der Waals surface area contributed by atoms with Gasteiger partial charge < -0.3 is 0 Å². The van der Waals surface area contributed by atoms with Gasteiger partial charge in [-0.15, -0.1) is 0 Å². The lowest BCUT2D eigenvalue weighted by molar-refractivity contribution is 0.775. The first-order valence-electron chi connectivity index (χ1n) is 18.6. The van der Waals surface area contributed by atoms with Crippen LogP contribution in [0.3, 0.4) is 0 Å². The zero-order valence-electron chi connectivity index (χ0n) is 29.8. The Balaban J connectivity index is 1.18. The number of fused-ring (bicyclic) bond motifs is 12. The summed E-state index contributed by atoms with van der Waals surface area (Å²) in [5.74, 6) is 0.672. The summed E-state index contributed by atoms with van der Waals surface area (Å²) in [5, 5.41) is 0. The Labute approximate surface area is 319 Å².